The van der Waals surface area contributed by atoms with Crippen LogP contribution in [0.15, 0.2) is 0 Å². The molecule has 0 aliphatic heterocycles. The zero-order valence-corrected chi connectivity index (χ0v) is 7.40. The average Bonchev–Trinajstić information content (AvgIpc) is 1.82. The maximum atomic E-state index is 9.81. The first-order valence-electron chi connectivity index (χ1n) is 2.50. The summed E-state index contributed by atoms with van der Waals surface area (Å²) in [5.74, 6) is 0. The van der Waals surface area contributed by atoms with Gasteiger partial charge in [0.1, 0.15) is 10.2 Å². The van der Waals surface area contributed by atoms with Crippen LogP contribution in [0.5, 0.6) is 0 Å². The van der Waals surface area contributed by atoms with Gasteiger partial charge < -0.3 is 10.2 Å². The zero-order chi connectivity index (χ0) is 8.15. The second-order valence-corrected chi connectivity index (χ2v) is 2.88. The van der Waals surface area contributed by atoms with E-state index in [0.29, 0.717) is 0 Å². The molecule has 10 heavy (non-hydrogen) atoms. The molecule has 2 atom stereocenters. The molecule has 0 heterocycles. The van der Waals surface area contributed by atoms with Gasteiger partial charge in [-0.1, -0.05) is 0 Å². The first-order valence-corrected chi connectivity index (χ1v) is 3.75. The van der Waals surface area contributed by atoms with Gasteiger partial charge in [0.25, 0.3) is 0 Å². The minimum atomic E-state index is -1.27. The van der Waals surface area contributed by atoms with Gasteiger partial charge in [-0.05, 0) is 29.5 Å². The van der Waals surface area contributed by atoms with E-state index >= 15 is 0 Å². The highest BCUT2D eigenvalue weighted by molar-refractivity contribution is 14.1. The van der Waals surface area contributed by atoms with E-state index in [1.165, 1.54) is 0 Å². The van der Waals surface area contributed by atoms with Crippen LogP contribution in [0.3, 0.4) is 0 Å². The molecule has 0 fully saturated rings. The summed E-state index contributed by atoms with van der Waals surface area (Å²) in [5.41, 5.74) is 1.68. The Labute approximate surface area is 71.5 Å². The zero-order valence-electron chi connectivity index (χ0n) is 5.24. The summed E-state index contributed by atoms with van der Waals surface area (Å²) in [6, 6.07) is 0. The first kappa shape index (κ1) is 9.92. The van der Waals surface area contributed by atoms with Gasteiger partial charge in [-0.15, -0.1) is 0 Å². The normalized spacial score (nSPS) is 15.9. The Morgan fingerprint density at radius 3 is 2.60 bits per heavy atom. The maximum absolute atomic E-state index is 9.81. The Kier molecular flexibility index (Phi) is 4.65. The van der Waals surface area contributed by atoms with Gasteiger partial charge in [0.15, 0.2) is 0 Å². The van der Waals surface area contributed by atoms with Crippen LogP contribution in [0.2, 0.25) is 0 Å². The molecule has 6 heteroatoms. The molecular formula is C4H8INO4. The highest BCUT2D eigenvalue weighted by Gasteiger charge is 2.11. The van der Waals surface area contributed by atoms with Crippen molar-refractivity contribution in [2.75, 3.05) is 0 Å². The van der Waals surface area contributed by atoms with Crippen molar-refractivity contribution in [3.63, 3.8) is 0 Å². The molecule has 0 saturated carbocycles. The van der Waals surface area contributed by atoms with Crippen molar-refractivity contribution in [3.05, 3.63) is 0 Å². The third kappa shape index (κ3) is 4.77. The fourth-order valence-electron chi connectivity index (χ4n) is 0.200. The summed E-state index contributed by atoms with van der Waals surface area (Å²) in [6.45, 7) is 1.55. The molecular weight excluding hydrogens is 253 g/mol. The Bertz CT molecular complexity index is 118. The summed E-state index contributed by atoms with van der Waals surface area (Å²) in [5, 5.41) is 16.8. The Hall–Kier alpha value is -0.0800. The number of hydroxylamine groups is 1. The lowest BCUT2D eigenvalue weighted by molar-refractivity contribution is -0.0370. The summed E-state index contributed by atoms with van der Waals surface area (Å²) in [4.78, 5) is 14.3. The van der Waals surface area contributed by atoms with Crippen molar-refractivity contribution < 1.29 is 19.8 Å². The molecule has 0 rings (SSSR count). The monoisotopic (exact) mass is 261 g/mol. The molecule has 0 aliphatic rings. The lowest BCUT2D eigenvalue weighted by Gasteiger charge is -2.12. The highest BCUT2D eigenvalue weighted by atomic mass is 127. The highest BCUT2D eigenvalue weighted by Crippen LogP contribution is 2.03. The molecule has 0 radical (unpaired) electrons. The van der Waals surface area contributed by atoms with E-state index in [0.717, 1.165) is 0 Å². The Balaban J connectivity index is 3.39. The second-order valence-electron chi connectivity index (χ2n) is 1.60. The molecule has 0 spiro atoms. The van der Waals surface area contributed by atoms with Gasteiger partial charge in [-0.25, -0.2) is 4.79 Å². The van der Waals surface area contributed by atoms with Crippen molar-refractivity contribution in [1.29, 1.82) is 0 Å². The van der Waals surface area contributed by atoms with Crippen LogP contribution in [-0.2, 0) is 4.84 Å². The molecule has 0 saturated heterocycles. The number of rotatable bonds is 3. The van der Waals surface area contributed by atoms with Crippen LogP contribution < -0.4 is 5.48 Å². The number of nitrogens with one attached hydrogen (secondary N) is 1. The van der Waals surface area contributed by atoms with Crippen LogP contribution in [0.4, 0.5) is 4.79 Å². The number of hydrogen-bond donors (Lipinski definition) is 3. The standard InChI is InChI=1S/C4H8INO4/c1-2(3(5)7)10-6-4(8)9/h2-3,6-7H,1H3,(H,8,9). The lowest BCUT2D eigenvalue weighted by atomic mass is 10.5. The SMILES string of the molecule is CC(ONC(=O)O)C(O)I. The van der Waals surface area contributed by atoms with E-state index in [9.17, 15) is 4.79 Å². The molecule has 0 aliphatic carbocycles. The van der Waals surface area contributed by atoms with Crippen LogP contribution in [0, 0.1) is 0 Å². The predicted molar refractivity (Wildman–Crippen MR) is 41.7 cm³/mol. The van der Waals surface area contributed by atoms with Crippen molar-refractivity contribution in [2.45, 2.75) is 17.1 Å². The molecule has 0 aromatic heterocycles. The van der Waals surface area contributed by atoms with Gasteiger partial charge in [-0.3, -0.25) is 4.84 Å². The number of hydrogen-bond acceptors (Lipinski definition) is 3. The minimum absolute atomic E-state index is 0.545. The number of aliphatic hydroxyl groups is 1. The first-order chi connectivity index (χ1) is 4.54. The lowest BCUT2D eigenvalue weighted by Crippen LogP contribution is -2.31. The van der Waals surface area contributed by atoms with E-state index in [2.05, 4.69) is 4.84 Å². The minimum Gasteiger partial charge on any atom is -0.464 e. The molecule has 60 valence electrons. The third-order valence-corrected chi connectivity index (χ3v) is 1.73. The van der Waals surface area contributed by atoms with Crippen molar-refractivity contribution in [1.82, 2.24) is 5.48 Å². The van der Waals surface area contributed by atoms with Crippen LogP contribution in [0.1, 0.15) is 6.92 Å². The number of alkyl halides is 1. The Morgan fingerprint density at radius 2 is 2.30 bits per heavy atom. The molecule has 2 unspecified atom stereocenters. The van der Waals surface area contributed by atoms with Gasteiger partial charge in [0.2, 0.25) is 0 Å². The second kappa shape index (κ2) is 4.69. The number of amides is 1. The molecule has 3 N–H and O–H groups in total. The summed E-state index contributed by atoms with van der Waals surface area (Å²) >= 11 is 1.71. The van der Waals surface area contributed by atoms with E-state index in [4.69, 9.17) is 10.2 Å². The number of carbonyl (C=O) groups is 1. The quantitative estimate of drug-likeness (QED) is 0.388. The van der Waals surface area contributed by atoms with Crippen LogP contribution in [-0.4, -0.2) is 26.5 Å². The fourth-order valence-corrected chi connectivity index (χ4v) is 0.346. The Morgan fingerprint density at radius 1 is 1.80 bits per heavy atom. The van der Waals surface area contributed by atoms with Crippen LogP contribution >= 0.6 is 22.6 Å². The van der Waals surface area contributed by atoms with Crippen molar-refractivity contribution in [2.24, 2.45) is 0 Å². The molecule has 5 nitrogen and oxygen atoms in total. The molecule has 0 aromatic rings. The van der Waals surface area contributed by atoms with Crippen LogP contribution in [0.25, 0.3) is 0 Å². The average molecular weight is 261 g/mol. The predicted octanol–water partition coefficient (Wildman–Crippen LogP) is 0.328. The molecule has 0 bridgehead atoms. The summed E-state index contributed by atoms with van der Waals surface area (Å²) < 4.78 is -0.718. The van der Waals surface area contributed by atoms with E-state index in [1.54, 1.807) is 35.0 Å². The van der Waals surface area contributed by atoms with Gasteiger partial charge in [-0.2, -0.15) is 5.48 Å². The van der Waals surface area contributed by atoms with E-state index < -0.39 is 16.3 Å². The van der Waals surface area contributed by atoms with E-state index in [-0.39, 0.29) is 0 Å². The summed E-state index contributed by atoms with van der Waals surface area (Å²) in [6.07, 6.45) is -1.82. The van der Waals surface area contributed by atoms with Gasteiger partial charge >= 0.3 is 6.09 Å². The fraction of sp³-hybridized carbons (Fsp3) is 0.750. The van der Waals surface area contributed by atoms with Crippen molar-refractivity contribution in [3.8, 4) is 0 Å². The third-order valence-electron chi connectivity index (χ3n) is 0.719. The van der Waals surface area contributed by atoms with Gasteiger partial charge in [0, 0.05) is 0 Å². The molecule has 0 aromatic carbocycles. The maximum Gasteiger partial charge on any atom is 0.428 e. The number of halogens is 1. The number of aliphatic hydroxyl groups excluding tert-OH is 1. The molecule has 1 amide bonds. The smallest absolute Gasteiger partial charge is 0.428 e. The number of carboxylic acid groups (broad SMARTS) is 1. The van der Waals surface area contributed by atoms with E-state index in [1.807, 2.05) is 0 Å². The van der Waals surface area contributed by atoms with Gasteiger partial charge in [0.05, 0.1) is 0 Å². The topological polar surface area (TPSA) is 78.8 Å². The largest absolute Gasteiger partial charge is 0.464 e. The van der Waals surface area contributed by atoms with Crippen molar-refractivity contribution >= 4 is 28.7 Å². The summed E-state index contributed by atoms with van der Waals surface area (Å²) in [7, 11) is 0.